The molecule has 176 valence electrons. The molecule has 1 heterocycles. The summed E-state index contributed by atoms with van der Waals surface area (Å²) in [5, 5.41) is 0. The van der Waals surface area contributed by atoms with Crippen molar-refractivity contribution in [2.75, 3.05) is 14.2 Å². The van der Waals surface area contributed by atoms with E-state index in [-0.39, 0.29) is 17.3 Å². The van der Waals surface area contributed by atoms with E-state index in [1.807, 2.05) is 63.3 Å². The molecule has 5 heteroatoms. The molecule has 0 fully saturated rings. The molecule has 0 saturated carbocycles. The van der Waals surface area contributed by atoms with Gasteiger partial charge in [-0.05, 0) is 63.0 Å². The van der Waals surface area contributed by atoms with Gasteiger partial charge >= 0.3 is 0 Å². The number of benzene rings is 1. The van der Waals surface area contributed by atoms with Gasteiger partial charge in [-0.15, -0.1) is 0 Å². The van der Waals surface area contributed by atoms with Gasteiger partial charge in [0.2, 0.25) is 11.7 Å². The predicted octanol–water partition coefficient (Wildman–Crippen LogP) is 6.39. The highest BCUT2D eigenvalue weighted by Gasteiger charge is 2.17. The zero-order valence-electron chi connectivity index (χ0n) is 20.5. The number of carbonyl (C=O) groups is 2. The van der Waals surface area contributed by atoms with Crippen molar-refractivity contribution in [3.05, 3.63) is 88.7 Å². The second-order valence-corrected chi connectivity index (χ2v) is 8.29. The summed E-state index contributed by atoms with van der Waals surface area (Å²) >= 11 is 0. The van der Waals surface area contributed by atoms with Gasteiger partial charge in [0, 0.05) is 16.7 Å². The molecule has 5 nitrogen and oxygen atoms in total. The lowest BCUT2D eigenvalue weighted by Crippen LogP contribution is -2.06. The van der Waals surface area contributed by atoms with Crippen LogP contribution in [0, 0.1) is 6.92 Å². The van der Waals surface area contributed by atoms with Crippen LogP contribution in [0.2, 0.25) is 0 Å². The largest absolute Gasteiger partial charge is 0.496 e. The fourth-order valence-electron chi connectivity index (χ4n) is 3.90. The maximum Gasteiger partial charge on any atom is 0.221 e. The molecule has 0 aliphatic heterocycles. The van der Waals surface area contributed by atoms with Crippen LogP contribution in [-0.2, 0) is 4.79 Å². The smallest absolute Gasteiger partial charge is 0.221 e. The average molecular weight is 458 g/mol. The highest BCUT2D eigenvalue weighted by Crippen LogP contribution is 2.37. The van der Waals surface area contributed by atoms with E-state index in [0.717, 1.165) is 40.0 Å². The number of allylic oxidation sites excluding steroid dienone is 8. The first-order chi connectivity index (χ1) is 16.4. The van der Waals surface area contributed by atoms with E-state index in [1.165, 1.54) is 7.11 Å². The molecule has 0 saturated heterocycles. The van der Waals surface area contributed by atoms with Crippen molar-refractivity contribution in [2.24, 2.45) is 0 Å². The lowest BCUT2D eigenvalue weighted by Gasteiger charge is -2.14. The van der Waals surface area contributed by atoms with E-state index >= 15 is 0 Å². The average Bonchev–Trinajstić information content (AvgIpc) is 2.83. The second-order valence-electron chi connectivity index (χ2n) is 8.29. The number of hydrogen-bond acceptors (Lipinski definition) is 5. The van der Waals surface area contributed by atoms with Crippen LogP contribution in [-0.4, -0.2) is 30.8 Å². The minimum Gasteiger partial charge on any atom is -0.496 e. The Kier molecular flexibility index (Phi) is 8.36. The van der Waals surface area contributed by atoms with Crippen LogP contribution in [0.25, 0.3) is 11.1 Å². The zero-order valence-corrected chi connectivity index (χ0v) is 20.5. The van der Waals surface area contributed by atoms with Crippen molar-refractivity contribution >= 4 is 11.6 Å². The van der Waals surface area contributed by atoms with E-state index in [4.69, 9.17) is 9.47 Å². The van der Waals surface area contributed by atoms with Crippen LogP contribution in [0.15, 0.2) is 77.4 Å². The first-order valence-electron chi connectivity index (χ1n) is 11.4. The molecular weight excluding hydrogens is 426 g/mol. The number of pyridine rings is 1. The highest BCUT2D eigenvalue weighted by molar-refractivity contribution is 6.06. The Labute approximate surface area is 201 Å². The van der Waals surface area contributed by atoms with Gasteiger partial charge in [-0.1, -0.05) is 54.5 Å². The van der Waals surface area contributed by atoms with Crippen molar-refractivity contribution in [2.45, 2.75) is 40.0 Å². The van der Waals surface area contributed by atoms with Gasteiger partial charge < -0.3 is 9.47 Å². The molecule has 0 spiro atoms. The fourth-order valence-corrected chi connectivity index (χ4v) is 3.90. The van der Waals surface area contributed by atoms with Crippen LogP contribution >= 0.6 is 0 Å². The number of rotatable bonds is 8. The quantitative estimate of drug-likeness (QED) is 0.340. The second kappa shape index (κ2) is 11.4. The Hall–Kier alpha value is -3.73. The topological polar surface area (TPSA) is 65.5 Å². The van der Waals surface area contributed by atoms with Crippen LogP contribution in [0.4, 0.5) is 0 Å². The molecule has 0 atom stereocenters. The van der Waals surface area contributed by atoms with Gasteiger partial charge in [0.15, 0.2) is 5.78 Å². The number of ether oxygens (including phenoxy) is 2. The summed E-state index contributed by atoms with van der Waals surface area (Å²) in [6.07, 6.45) is 10.9. The molecule has 0 bridgehead atoms. The van der Waals surface area contributed by atoms with E-state index < -0.39 is 0 Å². The SMILES string of the molecule is CC/C(=C/C(=O)c1ccc(-c2cccc(C)c2OC)c(OC)n1)C/C1=C/C=C\C/C(C)=C/C1=O. The summed E-state index contributed by atoms with van der Waals surface area (Å²) in [7, 11) is 3.16. The first kappa shape index (κ1) is 24.9. The van der Waals surface area contributed by atoms with Gasteiger partial charge in [-0.2, -0.15) is 0 Å². The third-order valence-corrected chi connectivity index (χ3v) is 5.79. The number of methoxy groups -OCH3 is 2. The number of hydrogen-bond donors (Lipinski definition) is 0. The van der Waals surface area contributed by atoms with Crippen molar-refractivity contribution in [1.29, 1.82) is 0 Å². The summed E-state index contributed by atoms with van der Waals surface area (Å²) in [6, 6.07) is 9.38. The molecule has 0 amide bonds. The molecule has 1 aromatic heterocycles. The standard InChI is InChI=1S/C29H31NO4/c1-6-21(17-22-12-8-7-10-19(2)16-26(22)31)18-27(32)25-15-14-24(29(30-25)34-5)23-13-9-11-20(3)28(23)33-4/h7-9,11-16,18H,6,10,17H2,1-5H3/b8-7-,19-16+,21-18-,22-12-. The number of ketones is 2. The third kappa shape index (κ3) is 5.79. The van der Waals surface area contributed by atoms with E-state index in [9.17, 15) is 9.59 Å². The Morgan fingerprint density at radius 2 is 1.88 bits per heavy atom. The molecule has 1 aromatic carbocycles. The van der Waals surface area contributed by atoms with Gasteiger partial charge in [0.25, 0.3) is 0 Å². The number of aromatic nitrogens is 1. The zero-order chi connectivity index (χ0) is 24.7. The van der Waals surface area contributed by atoms with Crippen LogP contribution < -0.4 is 9.47 Å². The maximum atomic E-state index is 13.1. The van der Waals surface area contributed by atoms with Crippen molar-refractivity contribution < 1.29 is 19.1 Å². The predicted molar refractivity (Wildman–Crippen MR) is 135 cm³/mol. The van der Waals surface area contributed by atoms with Crippen molar-refractivity contribution in [3.8, 4) is 22.8 Å². The van der Waals surface area contributed by atoms with Crippen molar-refractivity contribution in [1.82, 2.24) is 4.98 Å². The number of aryl methyl sites for hydroxylation is 1. The molecular formula is C29H31NO4. The minimum atomic E-state index is -0.223. The van der Waals surface area contributed by atoms with E-state index in [1.54, 1.807) is 25.3 Å². The molecule has 2 aromatic rings. The lowest BCUT2D eigenvalue weighted by molar-refractivity contribution is -0.111. The van der Waals surface area contributed by atoms with Gasteiger partial charge in [0.05, 0.1) is 14.2 Å². The monoisotopic (exact) mass is 457 g/mol. The summed E-state index contributed by atoms with van der Waals surface area (Å²) in [6.45, 7) is 5.89. The van der Waals surface area contributed by atoms with Crippen LogP contribution in [0.5, 0.6) is 11.6 Å². The van der Waals surface area contributed by atoms with Gasteiger partial charge in [0.1, 0.15) is 11.4 Å². The first-order valence-corrected chi connectivity index (χ1v) is 11.4. The molecule has 3 rings (SSSR count). The maximum absolute atomic E-state index is 13.1. The number of carbonyl (C=O) groups excluding carboxylic acids is 2. The molecule has 0 unspecified atom stereocenters. The number of para-hydroxylation sites is 1. The molecule has 1 aliphatic rings. The number of nitrogens with zero attached hydrogens (tertiary/aromatic N) is 1. The Balaban J connectivity index is 1.90. The fraction of sp³-hybridized carbons (Fsp3) is 0.276. The van der Waals surface area contributed by atoms with E-state index in [0.29, 0.717) is 24.3 Å². The lowest BCUT2D eigenvalue weighted by atomic mass is 9.95. The van der Waals surface area contributed by atoms with Crippen LogP contribution in [0.1, 0.15) is 49.2 Å². The normalized spacial score (nSPS) is 18.1. The van der Waals surface area contributed by atoms with Gasteiger partial charge in [-0.25, -0.2) is 4.98 Å². The molecule has 0 radical (unpaired) electrons. The summed E-state index contributed by atoms with van der Waals surface area (Å²) in [5.74, 6) is 0.860. The molecule has 1 aliphatic carbocycles. The molecule has 0 N–H and O–H groups in total. The Morgan fingerprint density at radius 3 is 2.59 bits per heavy atom. The Bertz CT molecular complexity index is 1210. The summed E-state index contributed by atoms with van der Waals surface area (Å²) in [5.41, 5.74) is 5.44. The highest BCUT2D eigenvalue weighted by atomic mass is 16.5. The summed E-state index contributed by atoms with van der Waals surface area (Å²) < 4.78 is 11.1. The Morgan fingerprint density at radius 1 is 1.09 bits per heavy atom. The molecule has 34 heavy (non-hydrogen) atoms. The van der Waals surface area contributed by atoms with Crippen molar-refractivity contribution in [3.63, 3.8) is 0 Å². The summed E-state index contributed by atoms with van der Waals surface area (Å²) in [4.78, 5) is 30.1. The van der Waals surface area contributed by atoms with Gasteiger partial charge in [-0.3, -0.25) is 9.59 Å². The minimum absolute atomic E-state index is 0.00935. The van der Waals surface area contributed by atoms with E-state index in [2.05, 4.69) is 4.98 Å². The van der Waals surface area contributed by atoms with Crippen LogP contribution in [0.3, 0.4) is 0 Å². The third-order valence-electron chi connectivity index (χ3n) is 5.79.